The molecule has 1 fully saturated rings. The van der Waals surface area contributed by atoms with Crippen LogP contribution in [0.4, 0.5) is 5.69 Å². The molecule has 28 heavy (non-hydrogen) atoms. The molecule has 1 aliphatic rings. The van der Waals surface area contributed by atoms with Gasteiger partial charge in [-0.05, 0) is 68.2 Å². The summed E-state index contributed by atoms with van der Waals surface area (Å²) in [5.74, 6) is 0.711. The van der Waals surface area contributed by atoms with Crippen LogP contribution in [0.15, 0.2) is 29.2 Å². The number of hydrogen-bond donors (Lipinski definition) is 2. The third-order valence-corrected chi connectivity index (χ3v) is 7.13. The first-order valence-corrected chi connectivity index (χ1v) is 11.4. The summed E-state index contributed by atoms with van der Waals surface area (Å²) < 4.78 is 32.2. The van der Waals surface area contributed by atoms with Crippen molar-refractivity contribution in [3.8, 4) is 0 Å². The summed E-state index contributed by atoms with van der Waals surface area (Å²) in [7, 11) is -2.08. The second-order valence-corrected chi connectivity index (χ2v) is 10.6. The van der Waals surface area contributed by atoms with E-state index in [1.807, 2.05) is 0 Å². The molecular weight excluding hydrogens is 376 g/mol. The summed E-state index contributed by atoms with van der Waals surface area (Å²) in [6.07, 6.45) is 3.96. The monoisotopic (exact) mass is 410 g/mol. The maximum Gasteiger partial charge on any atom is 0.240 e. The van der Waals surface area contributed by atoms with E-state index in [1.165, 1.54) is 19.2 Å². The van der Waals surface area contributed by atoms with Gasteiger partial charge in [0.2, 0.25) is 15.9 Å². The molecule has 0 radical (unpaired) electrons. The Kier molecular flexibility index (Phi) is 7.65. The summed E-state index contributed by atoms with van der Waals surface area (Å²) in [4.78, 5) is 12.7. The van der Waals surface area contributed by atoms with Crippen LogP contribution in [0.5, 0.6) is 0 Å². The zero-order chi connectivity index (χ0) is 20.9. The van der Waals surface area contributed by atoms with E-state index in [0.29, 0.717) is 18.2 Å². The Morgan fingerprint density at radius 1 is 1.14 bits per heavy atom. The van der Waals surface area contributed by atoms with Crippen LogP contribution >= 0.6 is 0 Å². The van der Waals surface area contributed by atoms with Crippen LogP contribution in [0.2, 0.25) is 0 Å². The van der Waals surface area contributed by atoms with Gasteiger partial charge in [0, 0.05) is 24.8 Å². The largest absolute Gasteiger partial charge is 0.383 e. The fourth-order valence-electron chi connectivity index (χ4n) is 3.80. The Bertz CT molecular complexity index is 746. The number of amides is 1. The van der Waals surface area contributed by atoms with Gasteiger partial charge >= 0.3 is 0 Å². The van der Waals surface area contributed by atoms with E-state index in [1.54, 1.807) is 19.1 Å². The lowest BCUT2D eigenvalue weighted by molar-refractivity contribution is -0.121. The first-order chi connectivity index (χ1) is 13.0. The summed E-state index contributed by atoms with van der Waals surface area (Å²) in [6, 6.07) is 5.96. The van der Waals surface area contributed by atoms with Gasteiger partial charge in [0.1, 0.15) is 0 Å². The maximum atomic E-state index is 12.6. The van der Waals surface area contributed by atoms with Crippen LogP contribution in [0, 0.1) is 17.3 Å². The molecule has 1 aliphatic carbocycles. The number of nitrogens with one attached hydrogen (secondary N) is 2. The van der Waals surface area contributed by atoms with Crippen molar-refractivity contribution in [3.63, 3.8) is 0 Å². The van der Waals surface area contributed by atoms with Crippen molar-refractivity contribution < 1.29 is 17.9 Å². The number of ether oxygens (including phenoxy) is 1. The molecule has 2 rings (SSSR count). The summed E-state index contributed by atoms with van der Waals surface area (Å²) in [6.45, 7) is 8.82. The quantitative estimate of drug-likeness (QED) is 0.716. The lowest BCUT2D eigenvalue weighted by Crippen LogP contribution is -2.35. The van der Waals surface area contributed by atoms with E-state index in [4.69, 9.17) is 4.74 Å². The topological polar surface area (TPSA) is 84.5 Å². The minimum absolute atomic E-state index is 0.0230. The fraction of sp³-hybridized carbons (Fsp3) is 0.667. The van der Waals surface area contributed by atoms with E-state index in [0.717, 1.165) is 25.7 Å². The first-order valence-electron chi connectivity index (χ1n) is 9.95. The van der Waals surface area contributed by atoms with Crippen LogP contribution in [0.25, 0.3) is 0 Å². The molecule has 1 aromatic carbocycles. The van der Waals surface area contributed by atoms with Crippen LogP contribution in [-0.2, 0) is 19.6 Å². The average molecular weight is 411 g/mol. The van der Waals surface area contributed by atoms with Crippen LogP contribution < -0.4 is 10.0 Å². The predicted molar refractivity (Wildman–Crippen MR) is 112 cm³/mol. The van der Waals surface area contributed by atoms with E-state index in [-0.39, 0.29) is 28.2 Å². The highest BCUT2D eigenvalue weighted by Crippen LogP contribution is 2.40. The third-order valence-electron chi connectivity index (χ3n) is 5.53. The highest BCUT2D eigenvalue weighted by Gasteiger charge is 2.32. The number of methoxy groups -OCH3 is 1. The second kappa shape index (κ2) is 9.37. The Labute approximate surface area is 169 Å². The van der Waals surface area contributed by atoms with E-state index in [9.17, 15) is 13.2 Å². The van der Waals surface area contributed by atoms with Gasteiger partial charge in [-0.15, -0.1) is 0 Å². The Morgan fingerprint density at radius 3 is 2.21 bits per heavy atom. The van der Waals surface area contributed by atoms with E-state index < -0.39 is 10.0 Å². The molecule has 0 aliphatic heterocycles. The van der Waals surface area contributed by atoms with Crippen molar-refractivity contribution in [1.82, 2.24) is 4.72 Å². The van der Waals surface area contributed by atoms with Crippen molar-refractivity contribution in [2.24, 2.45) is 17.3 Å². The molecule has 158 valence electrons. The Balaban J connectivity index is 1.93. The number of carbonyl (C=O) groups excluding carboxylic acids is 1. The second-order valence-electron chi connectivity index (χ2n) is 8.91. The summed E-state index contributed by atoms with van der Waals surface area (Å²) >= 11 is 0. The van der Waals surface area contributed by atoms with Crippen molar-refractivity contribution in [2.75, 3.05) is 19.0 Å². The SMILES string of the molecule is COC[C@H](C)NS(=O)(=O)c1ccc(NC(=O)C2CCC(C(C)(C)C)CC2)cc1. The minimum atomic E-state index is -3.61. The predicted octanol–water partition coefficient (Wildman–Crippen LogP) is 3.79. The third kappa shape index (κ3) is 6.29. The van der Waals surface area contributed by atoms with Crippen LogP contribution in [-0.4, -0.2) is 34.1 Å². The number of anilines is 1. The summed E-state index contributed by atoms with van der Waals surface area (Å²) in [5.41, 5.74) is 0.907. The molecule has 6 nitrogen and oxygen atoms in total. The lowest BCUT2D eigenvalue weighted by Gasteiger charge is -2.36. The van der Waals surface area contributed by atoms with Gasteiger partial charge in [-0.25, -0.2) is 13.1 Å². The molecule has 1 amide bonds. The standard InChI is InChI=1S/C21H34N2O4S/c1-15(14-27-5)23-28(25,26)19-12-10-18(11-13-19)22-20(24)16-6-8-17(9-7-16)21(2,3)4/h10-13,15-17,23H,6-9,14H2,1-5H3,(H,22,24)/t15-,16?,17?/m0/s1. The number of hydrogen-bond acceptors (Lipinski definition) is 4. The van der Waals surface area contributed by atoms with Gasteiger partial charge in [-0.3, -0.25) is 4.79 Å². The molecule has 0 unspecified atom stereocenters. The number of carbonyl (C=O) groups is 1. The first kappa shape index (κ1) is 22.8. The Morgan fingerprint density at radius 2 is 1.71 bits per heavy atom. The molecule has 1 saturated carbocycles. The molecule has 0 saturated heterocycles. The van der Waals surface area contributed by atoms with Gasteiger partial charge in [-0.2, -0.15) is 0 Å². The highest BCUT2D eigenvalue weighted by atomic mass is 32.2. The summed E-state index contributed by atoms with van der Waals surface area (Å²) in [5, 5.41) is 2.93. The molecule has 1 aromatic rings. The van der Waals surface area contributed by atoms with Gasteiger partial charge in [-0.1, -0.05) is 20.8 Å². The molecule has 0 aromatic heterocycles. The van der Waals surface area contributed by atoms with Crippen molar-refractivity contribution >= 4 is 21.6 Å². The maximum absolute atomic E-state index is 12.6. The molecule has 2 N–H and O–H groups in total. The Hall–Kier alpha value is -1.44. The smallest absolute Gasteiger partial charge is 0.240 e. The molecule has 1 atom stereocenters. The van der Waals surface area contributed by atoms with Crippen molar-refractivity contribution in [1.29, 1.82) is 0 Å². The zero-order valence-corrected chi connectivity index (χ0v) is 18.4. The molecule has 0 heterocycles. The minimum Gasteiger partial charge on any atom is -0.383 e. The molecule has 7 heteroatoms. The van der Waals surface area contributed by atoms with Crippen molar-refractivity contribution in [3.05, 3.63) is 24.3 Å². The number of rotatable bonds is 7. The number of benzene rings is 1. The molecule has 0 bridgehead atoms. The lowest BCUT2D eigenvalue weighted by atomic mass is 9.69. The fourth-order valence-corrected chi connectivity index (χ4v) is 5.03. The van der Waals surface area contributed by atoms with Crippen molar-refractivity contribution in [2.45, 2.75) is 64.3 Å². The normalized spacial score (nSPS) is 21.9. The van der Waals surface area contributed by atoms with Crippen LogP contribution in [0.3, 0.4) is 0 Å². The van der Waals surface area contributed by atoms with Gasteiger partial charge in [0.25, 0.3) is 0 Å². The zero-order valence-electron chi connectivity index (χ0n) is 17.6. The number of sulfonamides is 1. The van der Waals surface area contributed by atoms with E-state index >= 15 is 0 Å². The molecular formula is C21H34N2O4S. The highest BCUT2D eigenvalue weighted by molar-refractivity contribution is 7.89. The average Bonchev–Trinajstić information content (AvgIpc) is 2.61. The van der Waals surface area contributed by atoms with Gasteiger partial charge < -0.3 is 10.1 Å². The van der Waals surface area contributed by atoms with Crippen LogP contribution in [0.1, 0.15) is 53.4 Å². The van der Waals surface area contributed by atoms with Gasteiger partial charge in [0.15, 0.2) is 0 Å². The molecule has 0 spiro atoms. The van der Waals surface area contributed by atoms with E-state index in [2.05, 4.69) is 30.8 Å². The van der Waals surface area contributed by atoms with Gasteiger partial charge in [0.05, 0.1) is 11.5 Å².